The van der Waals surface area contributed by atoms with E-state index in [4.69, 9.17) is 4.74 Å². The van der Waals surface area contributed by atoms with Crippen molar-refractivity contribution in [2.24, 2.45) is 0 Å². The first-order chi connectivity index (χ1) is 11.3. The molecule has 1 aliphatic rings. The molecule has 4 nitrogen and oxygen atoms in total. The predicted octanol–water partition coefficient (Wildman–Crippen LogP) is 4.72. The second-order valence-corrected chi connectivity index (χ2v) is 6.76. The van der Waals surface area contributed by atoms with Gasteiger partial charge in [-0.15, -0.1) is 11.3 Å². The van der Waals surface area contributed by atoms with Gasteiger partial charge < -0.3 is 10.1 Å². The van der Waals surface area contributed by atoms with Gasteiger partial charge in [-0.25, -0.2) is 9.97 Å². The molecule has 0 unspecified atom stereocenters. The van der Waals surface area contributed by atoms with E-state index >= 15 is 0 Å². The number of nitrogens with zero attached hydrogens (tertiary/aromatic N) is 2. The van der Waals surface area contributed by atoms with Crippen LogP contribution in [-0.4, -0.2) is 23.1 Å². The standard InChI is InChI=1S/C18H19N3OS/c1-22-14-8-6-12(7-9-14)15-10-23-18-16(15)17(19-11-20-18)21-13-4-2-3-5-13/h6-11,13H,2-5H2,1H3,(H,19,20,21). The van der Waals surface area contributed by atoms with Crippen molar-refractivity contribution in [1.82, 2.24) is 9.97 Å². The van der Waals surface area contributed by atoms with E-state index in [1.807, 2.05) is 12.1 Å². The van der Waals surface area contributed by atoms with Gasteiger partial charge in [-0.1, -0.05) is 25.0 Å². The average Bonchev–Trinajstić information content (AvgIpc) is 3.25. The van der Waals surface area contributed by atoms with E-state index in [0.29, 0.717) is 6.04 Å². The monoisotopic (exact) mass is 325 g/mol. The Morgan fingerprint density at radius 1 is 1.13 bits per heavy atom. The first-order valence-electron chi connectivity index (χ1n) is 7.98. The zero-order valence-electron chi connectivity index (χ0n) is 13.1. The first kappa shape index (κ1) is 14.5. The summed E-state index contributed by atoms with van der Waals surface area (Å²) < 4.78 is 5.25. The van der Waals surface area contributed by atoms with E-state index in [0.717, 1.165) is 21.8 Å². The van der Waals surface area contributed by atoms with E-state index in [1.165, 1.54) is 36.8 Å². The van der Waals surface area contributed by atoms with Crippen LogP contribution in [-0.2, 0) is 0 Å². The number of thiophene rings is 1. The number of rotatable bonds is 4. The molecule has 0 spiro atoms. The first-order valence-corrected chi connectivity index (χ1v) is 8.86. The van der Waals surface area contributed by atoms with Crippen molar-refractivity contribution >= 4 is 27.4 Å². The molecule has 1 aromatic carbocycles. The van der Waals surface area contributed by atoms with Gasteiger partial charge in [-0.2, -0.15) is 0 Å². The molecule has 5 heteroatoms. The highest BCUT2D eigenvalue weighted by Gasteiger charge is 2.19. The van der Waals surface area contributed by atoms with Crippen LogP contribution >= 0.6 is 11.3 Å². The Labute approximate surface area is 139 Å². The summed E-state index contributed by atoms with van der Waals surface area (Å²) >= 11 is 1.67. The minimum atomic E-state index is 0.539. The molecule has 0 amide bonds. The Bertz CT molecular complexity index is 807. The highest BCUT2D eigenvalue weighted by molar-refractivity contribution is 7.17. The Morgan fingerprint density at radius 2 is 1.91 bits per heavy atom. The summed E-state index contributed by atoms with van der Waals surface area (Å²) in [4.78, 5) is 9.99. The topological polar surface area (TPSA) is 47.0 Å². The highest BCUT2D eigenvalue weighted by atomic mass is 32.1. The lowest BCUT2D eigenvalue weighted by Crippen LogP contribution is -2.15. The van der Waals surface area contributed by atoms with Gasteiger partial charge in [0.15, 0.2) is 0 Å². The molecule has 0 bridgehead atoms. The molecule has 3 aromatic rings. The van der Waals surface area contributed by atoms with E-state index in [2.05, 4.69) is 32.8 Å². The fourth-order valence-corrected chi connectivity index (χ4v) is 4.15. The fraction of sp³-hybridized carbons (Fsp3) is 0.333. The van der Waals surface area contributed by atoms with Crippen LogP contribution in [0.3, 0.4) is 0 Å². The van der Waals surface area contributed by atoms with Crippen molar-refractivity contribution in [3.63, 3.8) is 0 Å². The number of aromatic nitrogens is 2. The lowest BCUT2D eigenvalue weighted by Gasteiger charge is -2.14. The number of benzene rings is 1. The molecule has 23 heavy (non-hydrogen) atoms. The van der Waals surface area contributed by atoms with Crippen molar-refractivity contribution in [1.29, 1.82) is 0 Å². The third-order valence-electron chi connectivity index (χ3n) is 4.47. The molecular formula is C18H19N3OS. The van der Waals surface area contributed by atoms with Gasteiger partial charge in [-0.3, -0.25) is 0 Å². The van der Waals surface area contributed by atoms with Crippen molar-refractivity contribution in [3.05, 3.63) is 36.0 Å². The molecule has 1 N–H and O–H groups in total. The summed E-state index contributed by atoms with van der Waals surface area (Å²) in [6.45, 7) is 0. The maximum absolute atomic E-state index is 5.25. The summed E-state index contributed by atoms with van der Waals surface area (Å²) in [5.41, 5.74) is 2.36. The minimum absolute atomic E-state index is 0.539. The van der Waals surface area contributed by atoms with Gasteiger partial charge in [0.1, 0.15) is 22.7 Å². The van der Waals surface area contributed by atoms with Crippen molar-refractivity contribution < 1.29 is 4.74 Å². The van der Waals surface area contributed by atoms with Gasteiger partial charge in [0.2, 0.25) is 0 Å². The van der Waals surface area contributed by atoms with E-state index in [1.54, 1.807) is 24.8 Å². The van der Waals surface area contributed by atoms with Gasteiger partial charge in [-0.05, 0) is 30.5 Å². The molecule has 1 saturated carbocycles. The summed E-state index contributed by atoms with van der Waals surface area (Å²) in [5, 5.41) is 6.94. The Hall–Kier alpha value is -2.14. The Balaban J connectivity index is 1.76. The average molecular weight is 325 g/mol. The smallest absolute Gasteiger partial charge is 0.139 e. The number of fused-ring (bicyclic) bond motifs is 1. The molecule has 118 valence electrons. The lowest BCUT2D eigenvalue weighted by molar-refractivity contribution is 0.415. The fourth-order valence-electron chi connectivity index (χ4n) is 3.23. The summed E-state index contributed by atoms with van der Waals surface area (Å²) in [5.74, 6) is 1.84. The van der Waals surface area contributed by atoms with Crippen molar-refractivity contribution in [2.45, 2.75) is 31.7 Å². The van der Waals surface area contributed by atoms with Gasteiger partial charge in [0.25, 0.3) is 0 Å². The number of nitrogens with one attached hydrogen (secondary N) is 1. The third-order valence-corrected chi connectivity index (χ3v) is 5.35. The van der Waals surface area contributed by atoms with Crippen LogP contribution in [0, 0.1) is 0 Å². The quantitative estimate of drug-likeness (QED) is 0.754. The molecule has 2 aromatic heterocycles. The van der Waals surface area contributed by atoms with Crippen molar-refractivity contribution in [2.75, 3.05) is 12.4 Å². The van der Waals surface area contributed by atoms with Crippen LogP contribution < -0.4 is 10.1 Å². The van der Waals surface area contributed by atoms with Crippen LogP contribution in [0.25, 0.3) is 21.3 Å². The molecule has 2 heterocycles. The number of anilines is 1. The number of hydrogen-bond donors (Lipinski definition) is 1. The number of ether oxygens (including phenoxy) is 1. The molecule has 0 radical (unpaired) electrons. The van der Waals surface area contributed by atoms with Crippen LogP contribution in [0.15, 0.2) is 36.0 Å². The number of hydrogen-bond acceptors (Lipinski definition) is 5. The third kappa shape index (κ3) is 2.77. The lowest BCUT2D eigenvalue weighted by atomic mass is 10.1. The number of methoxy groups -OCH3 is 1. The summed E-state index contributed by atoms with van der Waals surface area (Å²) in [6, 6.07) is 8.70. The van der Waals surface area contributed by atoms with Crippen LogP contribution in [0.5, 0.6) is 5.75 Å². The van der Waals surface area contributed by atoms with Gasteiger partial charge >= 0.3 is 0 Å². The molecule has 0 atom stereocenters. The van der Waals surface area contributed by atoms with Crippen LogP contribution in [0.4, 0.5) is 5.82 Å². The maximum atomic E-state index is 5.25. The molecule has 0 aliphatic heterocycles. The zero-order chi connectivity index (χ0) is 15.6. The zero-order valence-corrected chi connectivity index (χ0v) is 13.9. The second kappa shape index (κ2) is 6.16. The van der Waals surface area contributed by atoms with E-state index in [9.17, 15) is 0 Å². The molecule has 1 aliphatic carbocycles. The minimum Gasteiger partial charge on any atom is -0.497 e. The van der Waals surface area contributed by atoms with Crippen LogP contribution in [0.1, 0.15) is 25.7 Å². The molecule has 1 fully saturated rings. The van der Waals surface area contributed by atoms with Crippen LogP contribution in [0.2, 0.25) is 0 Å². The normalized spacial score (nSPS) is 15.2. The molecule has 0 saturated heterocycles. The Kier molecular flexibility index (Phi) is 3.87. The maximum Gasteiger partial charge on any atom is 0.139 e. The Morgan fingerprint density at radius 3 is 2.65 bits per heavy atom. The van der Waals surface area contributed by atoms with E-state index in [-0.39, 0.29) is 0 Å². The van der Waals surface area contributed by atoms with E-state index < -0.39 is 0 Å². The summed E-state index contributed by atoms with van der Waals surface area (Å²) in [7, 11) is 1.69. The summed E-state index contributed by atoms with van der Waals surface area (Å²) in [6.07, 6.45) is 6.73. The SMILES string of the molecule is COc1ccc(-c2csc3ncnc(NC4CCCC4)c23)cc1. The predicted molar refractivity (Wildman–Crippen MR) is 95.3 cm³/mol. The van der Waals surface area contributed by atoms with Gasteiger partial charge in [0.05, 0.1) is 12.5 Å². The van der Waals surface area contributed by atoms with Crippen molar-refractivity contribution in [3.8, 4) is 16.9 Å². The highest BCUT2D eigenvalue weighted by Crippen LogP contribution is 2.37. The largest absolute Gasteiger partial charge is 0.497 e. The second-order valence-electron chi connectivity index (χ2n) is 5.91. The van der Waals surface area contributed by atoms with Gasteiger partial charge in [0, 0.05) is 17.0 Å². The molecular weight excluding hydrogens is 306 g/mol. The molecule has 4 rings (SSSR count).